The van der Waals surface area contributed by atoms with Crippen LogP contribution in [-0.2, 0) is 4.74 Å². The van der Waals surface area contributed by atoms with Crippen molar-refractivity contribution in [2.24, 2.45) is 0 Å². The van der Waals surface area contributed by atoms with Crippen molar-refractivity contribution in [2.75, 3.05) is 19.7 Å². The highest BCUT2D eigenvalue weighted by Crippen LogP contribution is 2.27. The van der Waals surface area contributed by atoms with Crippen molar-refractivity contribution in [1.82, 2.24) is 4.90 Å². The second-order valence-electron chi connectivity index (χ2n) is 5.14. The first-order chi connectivity index (χ1) is 9.31. The van der Waals surface area contributed by atoms with Gasteiger partial charge in [0.25, 0.3) is 0 Å². The van der Waals surface area contributed by atoms with Crippen LogP contribution in [0.15, 0.2) is 30.3 Å². The molecule has 1 heterocycles. The van der Waals surface area contributed by atoms with Crippen LogP contribution in [0.4, 0.5) is 4.79 Å². The van der Waals surface area contributed by atoms with Gasteiger partial charge in [-0.25, -0.2) is 4.79 Å². The summed E-state index contributed by atoms with van der Waals surface area (Å²) in [5.41, 5.74) is 1.39. The lowest BCUT2D eigenvalue weighted by Gasteiger charge is -2.31. The molecular weight excluding hydrogens is 238 g/mol. The van der Waals surface area contributed by atoms with Gasteiger partial charge in [0.2, 0.25) is 0 Å². The molecule has 2 rings (SSSR count). The zero-order valence-electron chi connectivity index (χ0n) is 11.7. The Balaban J connectivity index is 1.77. The number of amides is 1. The molecule has 0 N–H and O–H groups in total. The van der Waals surface area contributed by atoms with Gasteiger partial charge in [0, 0.05) is 13.1 Å². The SMILES string of the molecule is CCCCOC(=O)N1CCC(c2ccccc2)CC1. The minimum absolute atomic E-state index is 0.139. The van der Waals surface area contributed by atoms with Crippen LogP contribution in [0.5, 0.6) is 0 Å². The summed E-state index contributed by atoms with van der Waals surface area (Å²) >= 11 is 0. The van der Waals surface area contributed by atoms with Gasteiger partial charge in [0.05, 0.1) is 6.61 Å². The van der Waals surface area contributed by atoms with Crippen LogP contribution in [-0.4, -0.2) is 30.7 Å². The van der Waals surface area contributed by atoms with Gasteiger partial charge in [0.15, 0.2) is 0 Å². The zero-order valence-corrected chi connectivity index (χ0v) is 11.7. The monoisotopic (exact) mass is 261 g/mol. The standard InChI is InChI=1S/C16H23NO2/c1-2-3-13-19-16(18)17-11-9-15(10-12-17)14-7-5-4-6-8-14/h4-8,15H,2-3,9-13H2,1H3. The quantitative estimate of drug-likeness (QED) is 0.771. The molecule has 1 fully saturated rings. The second-order valence-corrected chi connectivity index (χ2v) is 5.14. The van der Waals surface area contributed by atoms with E-state index in [1.54, 1.807) is 0 Å². The summed E-state index contributed by atoms with van der Waals surface area (Å²) in [6.45, 7) is 4.27. The van der Waals surface area contributed by atoms with E-state index in [0.29, 0.717) is 12.5 Å². The molecule has 1 aromatic rings. The fourth-order valence-corrected chi connectivity index (χ4v) is 2.52. The minimum atomic E-state index is -0.139. The molecule has 0 atom stereocenters. The van der Waals surface area contributed by atoms with Gasteiger partial charge in [-0.2, -0.15) is 0 Å². The van der Waals surface area contributed by atoms with Crippen molar-refractivity contribution in [3.05, 3.63) is 35.9 Å². The number of hydrogen-bond donors (Lipinski definition) is 0. The molecule has 0 aliphatic carbocycles. The Hall–Kier alpha value is -1.51. The van der Waals surface area contributed by atoms with Gasteiger partial charge in [-0.05, 0) is 30.7 Å². The number of hydrogen-bond acceptors (Lipinski definition) is 2. The number of benzene rings is 1. The van der Waals surface area contributed by atoms with Crippen LogP contribution in [0.2, 0.25) is 0 Å². The number of nitrogens with zero attached hydrogens (tertiary/aromatic N) is 1. The van der Waals surface area contributed by atoms with E-state index in [9.17, 15) is 4.79 Å². The van der Waals surface area contributed by atoms with Crippen molar-refractivity contribution >= 4 is 6.09 Å². The van der Waals surface area contributed by atoms with E-state index in [0.717, 1.165) is 38.8 Å². The number of unbranched alkanes of at least 4 members (excludes halogenated alkanes) is 1. The molecule has 1 aromatic carbocycles. The fraction of sp³-hybridized carbons (Fsp3) is 0.562. The Bertz CT molecular complexity index is 383. The normalized spacial score (nSPS) is 16.4. The van der Waals surface area contributed by atoms with Gasteiger partial charge in [-0.1, -0.05) is 43.7 Å². The lowest BCUT2D eigenvalue weighted by Crippen LogP contribution is -2.38. The van der Waals surface area contributed by atoms with E-state index < -0.39 is 0 Å². The molecule has 1 aliphatic heterocycles. The number of ether oxygens (including phenoxy) is 1. The Kier molecular flexibility index (Phi) is 5.25. The van der Waals surface area contributed by atoms with Gasteiger partial charge in [-0.15, -0.1) is 0 Å². The predicted molar refractivity (Wildman–Crippen MR) is 76.2 cm³/mol. The van der Waals surface area contributed by atoms with Crippen molar-refractivity contribution in [2.45, 2.75) is 38.5 Å². The summed E-state index contributed by atoms with van der Waals surface area (Å²) in [6.07, 6.45) is 3.94. The Morgan fingerprint density at radius 2 is 1.95 bits per heavy atom. The summed E-state index contributed by atoms with van der Waals surface area (Å²) in [7, 11) is 0. The largest absolute Gasteiger partial charge is 0.449 e. The molecular formula is C16H23NO2. The van der Waals surface area contributed by atoms with Crippen LogP contribution in [0.25, 0.3) is 0 Å². The number of rotatable bonds is 4. The second kappa shape index (κ2) is 7.17. The summed E-state index contributed by atoms with van der Waals surface area (Å²) in [5.74, 6) is 0.584. The molecule has 0 aromatic heterocycles. The number of piperidine rings is 1. The molecule has 1 saturated heterocycles. The van der Waals surface area contributed by atoms with Crippen LogP contribution in [0, 0.1) is 0 Å². The molecule has 104 valence electrons. The van der Waals surface area contributed by atoms with Crippen LogP contribution in [0.1, 0.15) is 44.1 Å². The molecule has 0 unspecified atom stereocenters. The highest BCUT2D eigenvalue weighted by Gasteiger charge is 2.24. The third-order valence-electron chi connectivity index (χ3n) is 3.75. The van der Waals surface area contributed by atoms with Gasteiger partial charge in [-0.3, -0.25) is 0 Å². The predicted octanol–water partition coefficient (Wildman–Crippen LogP) is 3.80. The third-order valence-corrected chi connectivity index (χ3v) is 3.75. The van der Waals surface area contributed by atoms with E-state index >= 15 is 0 Å². The molecule has 3 nitrogen and oxygen atoms in total. The summed E-state index contributed by atoms with van der Waals surface area (Å²) in [4.78, 5) is 13.7. The van der Waals surface area contributed by atoms with Gasteiger partial charge in [0.1, 0.15) is 0 Å². The molecule has 0 radical (unpaired) electrons. The fourth-order valence-electron chi connectivity index (χ4n) is 2.52. The third kappa shape index (κ3) is 3.98. The molecule has 1 amide bonds. The van der Waals surface area contributed by atoms with Crippen LogP contribution in [0.3, 0.4) is 0 Å². The summed E-state index contributed by atoms with van der Waals surface area (Å²) in [6, 6.07) is 10.6. The number of carbonyl (C=O) groups excluding carboxylic acids is 1. The van der Waals surface area contributed by atoms with Crippen molar-refractivity contribution in [3.8, 4) is 0 Å². The van der Waals surface area contributed by atoms with Gasteiger partial charge >= 0.3 is 6.09 Å². The highest BCUT2D eigenvalue weighted by molar-refractivity contribution is 5.67. The Morgan fingerprint density at radius 3 is 2.58 bits per heavy atom. The smallest absolute Gasteiger partial charge is 0.409 e. The first-order valence-corrected chi connectivity index (χ1v) is 7.28. The molecule has 0 spiro atoms. The Labute approximate surface area is 115 Å². The van der Waals surface area contributed by atoms with E-state index in [1.807, 2.05) is 11.0 Å². The molecule has 3 heteroatoms. The first kappa shape index (κ1) is 13.9. The molecule has 0 bridgehead atoms. The lowest BCUT2D eigenvalue weighted by molar-refractivity contribution is 0.0916. The Morgan fingerprint density at radius 1 is 1.26 bits per heavy atom. The number of likely N-dealkylation sites (tertiary alicyclic amines) is 1. The number of carbonyl (C=O) groups is 1. The average Bonchev–Trinajstić information content (AvgIpc) is 2.48. The van der Waals surface area contributed by atoms with Crippen molar-refractivity contribution in [3.63, 3.8) is 0 Å². The van der Waals surface area contributed by atoms with Gasteiger partial charge < -0.3 is 9.64 Å². The molecule has 0 saturated carbocycles. The average molecular weight is 261 g/mol. The minimum Gasteiger partial charge on any atom is -0.449 e. The maximum atomic E-state index is 11.8. The van der Waals surface area contributed by atoms with E-state index in [-0.39, 0.29) is 6.09 Å². The molecule has 1 aliphatic rings. The lowest BCUT2D eigenvalue weighted by atomic mass is 9.90. The topological polar surface area (TPSA) is 29.5 Å². The van der Waals surface area contributed by atoms with Crippen molar-refractivity contribution < 1.29 is 9.53 Å². The maximum absolute atomic E-state index is 11.8. The van der Waals surface area contributed by atoms with E-state index in [1.165, 1.54) is 5.56 Å². The van der Waals surface area contributed by atoms with Crippen LogP contribution < -0.4 is 0 Å². The summed E-state index contributed by atoms with van der Waals surface area (Å²) < 4.78 is 5.25. The molecule has 19 heavy (non-hydrogen) atoms. The first-order valence-electron chi connectivity index (χ1n) is 7.28. The zero-order chi connectivity index (χ0) is 13.5. The summed E-state index contributed by atoms with van der Waals surface area (Å²) in [5, 5.41) is 0. The highest BCUT2D eigenvalue weighted by atomic mass is 16.6. The van der Waals surface area contributed by atoms with Crippen LogP contribution >= 0.6 is 0 Å². The van der Waals surface area contributed by atoms with Crippen molar-refractivity contribution in [1.29, 1.82) is 0 Å². The maximum Gasteiger partial charge on any atom is 0.409 e. The van der Waals surface area contributed by atoms with E-state index in [2.05, 4.69) is 31.2 Å². The van der Waals surface area contributed by atoms with E-state index in [4.69, 9.17) is 4.74 Å².